The number of aromatic nitrogens is 2. The quantitative estimate of drug-likeness (QED) is 0.914. The van der Waals surface area contributed by atoms with Crippen LogP contribution in [-0.4, -0.2) is 27.5 Å². The zero-order valence-corrected chi connectivity index (χ0v) is 13.0. The Balaban J connectivity index is 0.00000161. The molecule has 0 radical (unpaired) electrons. The van der Waals surface area contributed by atoms with Crippen LogP contribution in [0.25, 0.3) is 11.1 Å². The summed E-state index contributed by atoms with van der Waals surface area (Å²) in [6.45, 7) is 3.23. The summed E-state index contributed by atoms with van der Waals surface area (Å²) >= 11 is 0. The largest absolute Gasteiger partial charge is 0.492 e. The van der Waals surface area contributed by atoms with E-state index in [1.54, 1.807) is 0 Å². The first-order valence-electron chi connectivity index (χ1n) is 7.32. The predicted molar refractivity (Wildman–Crippen MR) is 86.9 cm³/mol. The van der Waals surface area contributed by atoms with Gasteiger partial charge in [-0.3, -0.25) is 4.68 Å². The van der Waals surface area contributed by atoms with Crippen LogP contribution < -0.4 is 5.32 Å². The number of hydrogen-bond donors (Lipinski definition) is 2. The van der Waals surface area contributed by atoms with Crippen LogP contribution in [0.15, 0.2) is 36.5 Å². The van der Waals surface area contributed by atoms with Crippen molar-refractivity contribution >= 4 is 12.4 Å². The second kappa shape index (κ2) is 6.96. The Labute approximate surface area is 131 Å². The van der Waals surface area contributed by atoms with E-state index in [1.807, 2.05) is 41.2 Å². The summed E-state index contributed by atoms with van der Waals surface area (Å²) in [5.41, 5.74) is 1.80. The molecule has 0 bridgehead atoms. The molecule has 0 aliphatic carbocycles. The molecule has 2 atom stereocenters. The average molecular weight is 308 g/mol. The molecule has 1 aliphatic rings. The molecule has 3 rings (SSSR count). The van der Waals surface area contributed by atoms with Crippen molar-refractivity contribution in [2.75, 3.05) is 6.54 Å². The standard InChI is InChI=1S/C16H21N3O.ClH/c1-12(15-9-5-6-10-17-15)19-11-14(16(20)18-19)13-7-3-2-4-8-13;/h2-4,7-8,11-12,15,17H,5-6,9-10H2,1H3,(H,18,20);1H. The molecular weight excluding hydrogens is 286 g/mol. The maximum Gasteiger partial charge on any atom is 0.238 e. The Bertz CT molecular complexity index is 564. The first-order chi connectivity index (χ1) is 9.75. The maximum absolute atomic E-state index is 10.1. The Morgan fingerprint density at radius 3 is 2.71 bits per heavy atom. The van der Waals surface area contributed by atoms with Crippen molar-refractivity contribution in [3.05, 3.63) is 36.5 Å². The molecule has 0 saturated carbocycles. The van der Waals surface area contributed by atoms with Crippen molar-refractivity contribution in [3.63, 3.8) is 0 Å². The molecular formula is C16H22ClN3O. The minimum Gasteiger partial charge on any atom is -0.492 e. The first kappa shape index (κ1) is 15.9. The van der Waals surface area contributed by atoms with Gasteiger partial charge >= 0.3 is 0 Å². The fourth-order valence-corrected chi connectivity index (χ4v) is 2.89. The van der Waals surface area contributed by atoms with Crippen molar-refractivity contribution in [1.82, 2.24) is 15.1 Å². The number of nitrogens with one attached hydrogen (secondary N) is 1. The summed E-state index contributed by atoms with van der Waals surface area (Å²) in [5, 5.41) is 17.9. The molecule has 1 aliphatic heterocycles. The molecule has 5 heteroatoms. The van der Waals surface area contributed by atoms with E-state index in [0.717, 1.165) is 17.7 Å². The molecule has 0 spiro atoms. The Hall–Kier alpha value is -1.52. The van der Waals surface area contributed by atoms with Gasteiger partial charge in [0, 0.05) is 12.2 Å². The lowest BCUT2D eigenvalue weighted by Gasteiger charge is -2.29. The van der Waals surface area contributed by atoms with Crippen molar-refractivity contribution in [1.29, 1.82) is 0 Å². The molecule has 2 unspecified atom stereocenters. The molecule has 2 N–H and O–H groups in total. The highest BCUT2D eigenvalue weighted by Gasteiger charge is 2.23. The fraction of sp³-hybridized carbons (Fsp3) is 0.438. The van der Waals surface area contributed by atoms with Crippen LogP contribution in [0.5, 0.6) is 5.88 Å². The number of aromatic hydroxyl groups is 1. The normalized spacial score (nSPS) is 19.8. The van der Waals surface area contributed by atoms with E-state index in [-0.39, 0.29) is 24.3 Å². The summed E-state index contributed by atoms with van der Waals surface area (Å²) in [6, 6.07) is 10.6. The summed E-state index contributed by atoms with van der Waals surface area (Å²) in [7, 11) is 0. The van der Waals surface area contributed by atoms with Gasteiger partial charge in [0.1, 0.15) is 0 Å². The van der Waals surface area contributed by atoms with Gasteiger partial charge in [0.15, 0.2) is 0 Å². The molecule has 1 fully saturated rings. The summed E-state index contributed by atoms with van der Waals surface area (Å²) in [4.78, 5) is 0. The maximum atomic E-state index is 10.1. The molecule has 2 heterocycles. The van der Waals surface area contributed by atoms with Crippen LogP contribution in [0.4, 0.5) is 0 Å². The highest BCUT2D eigenvalue weighted by molar-refractivity contribution is 5.85. The van der Waals surface area contributed by atoms with E-state index >= 15 is 0 Å². The highest BCUT2D eigenvalue weighted by atomic mass is 35.5. The summed E-state index contributed by atoms with van der Waals surface area (Å²) < 4.78 is 1.89. The number of nitrogens with zero attached hydrogens (tertiary/aromatic N) is 2. The zero-order valence-electron chi connectivity index (χ0n) is 12.2. The number of rotatable bonds is 3. The molecule has 1 aromatic carbocycles. The first-order valence-corrected chi connectivity index (χ1v) is 7.32. The summed E-state index contributed by atoms with van der Waals surface area (Å²) in [5.74, 6) is 0.110. The van der Waals surface area contributed by atoms with Crippen LogP contribution in [0.1, 0.15) is 32.2 Å². The molecule has 1 saturated heterocycles. The fourth-order valence-electron chi connectivity index (χ4n) is 2.89. The SMILES string of the molecule is CC(C1CCCCN1)n1cc(-c2ccccc2)c(O)n1.Cl. The summed E-state index contributed by atoms with van der Waals surface area (Å²) in [6.07, 6.45) is 5.64. The van der Waals surface area contributed by atoms with Crippen molar-refractivity contribution in [2.24, 2.45) is 0 Å². The Morgan fingerprint density at radius 2 is 2.05 bits per heavy atom. The van der Waals surface area contributed by atoms with E-state index in [9.17, 15) is 5.11 Å². The highest BCUT2D eigenvalue weighted by Crippen LogP contribution is 2.30. The lowest BCUT2D eigenvalue weighted by Crippen LogP contribution is -2.40. The number of halogens is 1. The van der Waals surface area contributed by atoms with Crippen LogP contribution in [0.2, 0.25) is 0 Å². The number of piperidine rings is 1. The van der Waals surface area contributed by atoms with E-state index < -0.39 is 0 Å². The van der Waals surface area contributed by atoms with E-state index in [4.69, 9.17) is 0 Å². The van der Waals surface area contributed by atoms with E-state index in [0.29, 0.717) is 6.04 Å². The van der Waals surface area contributed by atoms with Gasteiger partial charge in [0.05, 0.1) is 11.6 Å². The third kappa shape index (κ3) is 3.39. The van der Waals surface area contributed by atoms with Gasteiger partial charge in [-0.2, -0.15) is 0 Å². The average Bonchev–Trinajstić information content (AvgIpc) is 2.90. The lowest BCUT2D eigenvalue weighted by atomic mass is 9.99. The van der Waals surface area contributed by atoms with Gasteiger partial charge in [-0.25, -0.2) is 0 Å². The van der Waals surface area contributed by atoms with Crippen molar-refractivity contribution in [3.8, 4) is 17.0 Å². The van der Waals surface area contributed by atoms with Crippen molar-refractivity contribution in [2.45, 2.75) is 38.3 Å². The Morgan fingerprint density at radius 1 is 1.29 bits per heavy atom. The van der Waals surface area contributed by atoms with E-state index in [2.05, 4.69) is 17.3 Å². The lowest BCUT2D eigenvalue weighted by molar-refractivity contribution is 0.289. The zero-order chi connectivity index (χ0) is 13.9. The number of hydrogen-bond acceptors (Lipinski definition) is 3. The van der Waals surface area contributed by atoms with Gasteiger partial charge in [-0.15, -0.1) is 17.5 Å². The molecule has 4 nitrogen and oxygen atoms in total. The molecule has 21 heavy (non-hydrogen) atoms. The second-order valence-corrected chi connectivity index (χ2v) is 5.51. The molecule has 2 aromatic rings. The van der Waals surface area contributed by atoms with Gasteiger partial charge in [0.2, 0.25) is 5.88 Å². The van der Waals surface area contributed by atoms with Crippen LogP contribution in [0, 0.1) is 0 Å². The van der Waals surface area contributed by atoms with Crippen molar-refractivity contribution < 1.29 is 5.11 Å². The minimum atomic E-state index is 0. The third-order valence-electron chi connectivity index (χ3n) is 4.15. The van der Waals surface area contributed by atoms with Gasteiger partial charge in [-0.1, -0.05) is 36.8 Å². The third-order valence-corrected chi connectivity index (χ3v) is 4.15. The van der Waals surface area contributed by atoms with Gasteiger partial charge < -0.3 is 10.4 Å². The molecule has 1 aromatic heterocycles. The monoisotopic (exact) mass is 307 g/mol. The predicted octanol–water partition coefficient (Wildman–Crippen LogP) is 3.38. The van der Waals surface area contributed by atoms with Crippen LogP contribution in [-0.2, 0) is 0 Å². The van der Waals surface area contributed by atoms with E-state index in [1.165, 1.54) is 19.3 Å². The molecule has 0 amide bonds. The number of benzene rings is 1. The topological polar surface area (TPSA) is 50.1 Å². The Kier molecular flexibility index (Phi) is 5.26. The molecule has 114 valence electrons. The minimum absolute atomic E-state index is 0. The second-order valence-electron chi connectivity index (χ2n) is 5.51. The van der Waals surface area contributed by atoms with Crippen LogP contribution >= 0.6 is 12.4 Å². The van der Waals surface area contributed by atoms with Gasteiger partial charge in [0.25, 0.3) is 0 Å². The van der Waals surface area contributed by atoms with Gasteiger partial charge in [-0.05, 0) is 31.9 Å². The van der Waals surface area contributed by atoms with Crippen LogP contribution in [0.3, 0.4) is 0 Å². The smallest absolute Gasteiger partial charge is 0.238 e.